The van der Waals surface area contributed by atoms with Crippen molar-refractivity contribution in [3.8, 4) is 0 Å². The first-order chi connectivity index (χ1) is 9.20. The Morgan fingerprint density at radius 3 is 2.50 bits per heavy atom. The molecule has 9 heteroatoms. The second-order valence-corrected chi connectivity index (χ2v) is 5.87. The topological polar surface area (TPSA) is 90.0 Å². The first-order valence-electron chi connectivity index (χ1n) is 5.48. The van der Waals surface area contributed by atoms with Crippen molar-refractivity contribution < 1.29 is 17.2 Å². The molecule has 0 aliphatic rings. The molecule has 2 aromatic rings. The molecule has 1 aromatic heterocycles. The van der Waals surface area contributed by atoms with Gasteiger partial charge in [0, 0.05) is 18.8 Å². The average Bonchev–Trinajstić information content (AvgIpc) is 2.61. The molecule has 0 spiro atoms. The predicted octanol–water partition coefficient (Wildman–Crippen LogP) is 1.39. The summed E-state index contributed by atoms with van der Waals surface area (Å²) in [6.45, 7) is 1.67. The number of rotatable bonds is 3. The Morgan fingerprint density at radius 2 is 1.95 bits per heavy atom. The first-order valence-corrected chi connectivity index (χ1v) is 6.97. The van der Waals surface area contributed by atoms with E-state index in [1.54, 1.807) is 6.92 Å². The van der Waals surface area contributed by atoms with Gasteiger partial charge in [-0.2, -0.15) is 5.10 Å². The third kappa shape index (κ3) is 2.57. The summed E-state index contributed by atoms with van der Waals surface area (Å²) in [4.78, 5) is -0.853. The van der Waals surface area contributed by atoms with Crippen LogP contribution in [0.2, 0.25) is 0 Å². The number of anilines is 2. The van der Waals surface area contributed by atoms with Crippen LogP contribution in [0.1, 0.15) is 5.69 Å². The van der Waals surface area contributed by atoms with Gasteiger partial charge in [0.1, 0.15) is 10.7 Å². The molecule has 0 amide bonds. The van der Waals surface area contributed by atoms with E-state index in [9.17, 15) is 17.2 Å². The van der Waals surface area contributed by atoms with E-state index < -0.39 is 26.6 Å². The van der Waals surface area contributed by atoms with E-state index >= 15 is 0 Å². The van der Waals surface area contributed by atoms with Crippen molar-refractivity contribution in [3.05, 3.63) is 35.5 Å². The number of sulfonamides is 1. The molecule has 0 aliphatic carbocycles. The minimum absolute atomic E-state index is 0.129. The maximum absolute atomic E-state index is 13.6. The fourth-order valence-electron chi connectivity index (χ4n) is 1.68. The Hall–Kier alpha value is -2.16. The number of hydrogen-bond donors (Lipinski definition) is 2. The van der Waals surface area contributed by atoms with Crippen LogP contribution in [0.15, 0.2) is 23.1 Å². The largest absolute Gasteiger partial charge is 0.399 e. The maximum Gasteiger partial charge on any atom is 0.266 e. The monoisotopic (exact) mass is 302 g/mol. The highest BCUT2D eigenvalue weighted by Crippen LogP contribution is 2.23. The molecule has 3 N–H and O–H groups in total. The average molecular weight is 302 g/mol. The number of hydrogen-bond acceptors (Lipinski definition) is 4. The van der Waals surface area contributed by atoms with Gasteiger partial charge >= 0.3 is 0 Å². The van der Waals surface area contributed by atoms with E-state index in [4.69, 9.17) is 5.73 Å². The van der Waals surface area contributed by atoms with Gasteiger partial charge in [0.05, 0.1) is 5.69 Å². The minimum atomic E-state index is -4.30. The summed E-state index contributed by atoms with van der Waals surface area (Å²) in [5, 5.41) is 3.94. The van der Waals surface area contributed by atoms with Crippen LogP contribution in [0, 0.1) is 18.6 Å². The molecule has 1 heterocycles. The van der Waals surface area contributed by atoms with Crippen molar-refractivity contribution in [2.24, 2.45) is 7.05 Å². The number of nitrogen functional groups attached to an aromatic ring is 1. The number of aryl methyl sites for hydroxylation is 2. The lowest BCUT2D eigenvalue weighted by atomic mass is 10.3. The van der Waals surface area contributed by atoms with Crippen LogP contribution >= 0.6 is 0 Å². The molecule has 0 radical (unpaired) electrons. The normalized spacial score (nSPS) is 11.6. The standard InChI is InChI=1S/C11H12F2N4O2S/c1-6-3-10(17(2)15-6)16-20(18,19)9-5-7(14)4-8(12)11(9)13/h3-5,16H,14H2,1-2H3. The summed E-state index contributed by atoms with van der Waals surface area (Å²) in [7, 11) is -2.79. The Kier molecular flexibility index (Phi) is 3.38. The fraction of sp³-hybridized carbons (Fsp3) is 0.182. The molecular weight excluding hydrogens is 290 g/mol. The lowest BCUT2D eigenvalue weighted by Crippen LogP contribution is -2.17. The maximum atomic E-state index is 13.6. The molecule has 20 heavy (non-hydrogen) atoms. The van der Waals surface area contributed by atoms with Crippen LogP contribution in [0.25, 0.3) is 0 Å². The zero-order valence-corrected chi connectivity index (χ0v) is 11.5. The van der Waals surface area contributed by atoms with Crippen LogP contribution in [-0.4, -0.2) is 18.2 Å². The number of nitrogens with two attached hydrogens (primary N) is 1. The van der Waals surface area contributed by atoms with Crippen molar-refractivity contribution in [3.63, 3.8) is 0 Å². The fourth-order valence-corrected chi connectivity index (χ4v) is 2.88. The summed E-state index contributed by atoms with van der Waals surface area (Å²) in [6.07, 6.45) is 0. The molecule has 1 aromatic carbocycles. The third-order valence-electron chi connectivity index (χ3n) is 2.55. The van der Waals surface area contributed by atoms with E-state index in [1.165, 1.54) is 17.8 Å². The first kappa shape index (κ1) is 14.3. The Morgan fingerprint density at radius 1 is 1.30 bits per heavy atom. The van der Waals surface area contributed by atoms with Crippen molar-refractivity contribution >= 4 is 21.5 Å². The summed E-state index contributed by atoms with van der Waals surface area (Å²) >= 11 is 0. The van der Waals surface area contributed by atoms with E-state index in [0.717, 1.165) is 6.07 Å². The molecule has 0 aliphatic heterocycles. The third-order valence-corrected chi connectivity index (χ3v) is 3.90. The van der Waals surface area contributed by atoms with E-state index in [2.05, 4.69) is 9.82 Å². The summed E-state index contributed by atoms with van der Waals surface area (Å²) in [5.74, 6) is -2.68. The highest BCUT2D eigenvalue weighted by Gasteiger charge is 2.24. The summed E-state index contributed by atoms with van der Waals surface area (Å²) in [6, 6.07) is 3.02. The molecule has 0 saturated carbocycles. The molecule has 6 nitrogen and oxygen atoms in total. The molecular formula is C11H12F2N4O2S. The predicted molar refractivity (Wildman–Crippen MR) is 69.5 cm³/mol. The van der Waals surface area contributed by atoms with Gasteiger partial charge in [0.25, 0.3) is 10.0 Å². The molecule has 0 atom stereocenters. The van der Waals surface area contributed by atoms with Gasteiger partial charge in [-0.15, -0.1) is 0 Å². The van der Waals surface area contributed by atoms with Gasteiger partial charge in [-0.3, -0.25) is 9.40 Å². The minimum Gasteiger partial charge on any atom is -0.399 e. The zero-order chi connectivity index (χ0) is 15.1. The van der Waals surface area contributed by atoms with Crippen LogP contribution < -0.4 is 10.5 Å². The second-order valence-electron chi connectivity index (χ2n) is 4.21. The van der Waals surface area contributed by atoms with Crippen LogP contribution in [0.4, 0.5) is 20.3 Å². The van der Waals surface area contributed by atoms with Crippen molar-refractivity contribution in [1.82, 2.24) is 9.78 Å². The molecule has 0 saturated heterocycles. The lowest BCUT2D eigenvalue weighted by Gasteiger charge is -2.09. The van der Waals surface area contributed by atoms with Gasteiger partial charge in [-0.1, -0.05) is 0 Å². The smallest absolute Gasteiger partial charge is 0.266 e. The molecule has 0 unspecified atom stereocenters. The summed E-state index contributed by atoms with van der Waals surface area (Å²) < 4.78 is 54.4. The zero-order valence-electron chi connectivity index (χ0n) is 10.7. The lowest BCUT2D eigenvalue weighted by molar-refractivity contribution is 0.486. The van der Waals surface area contributed by atoms with Gasteiger partial charge < -0.3 is 5.73 Å². The Labute approximate surface area is 114 Å². The quantitative estimate of drug-likeness (QED) is 0.838. The van der Waals surface area contributed by atoms with Crippen LogP contribution in [0.3, 0.4) is 0 Å². The number of aromatic nitrogens is 2. The number of benzene rings is 1. The van der Waals surface area contributed by atoms with Gasteiger partial charge in [-0.25, -0.2) is 17.2 Å². The molecule has 0 bridgehead atoms. The van der Waals surface area contributed by atoms with Crippen molar-refractivity contribution in [2.75, 3.05) is 10.5 Å². The van der Waals surface area contributed by atoms with Crippen molar-refractivity contribution in [1.29, 1.82) is 0 Å². The second kappa shape index (κ2) is 4.75. The van der Waals surface area contributed by atoms with Gasteiger partial charge in [0.15, 0.2) is 11.6 Å². The van der Waals surface area contributed by atoms with E-state index in [-0.39, 0.29) is 11.5 Å². The van der Waals surface area contributed by atoms with Crippen molar-refractivity contribution in [2.45, 2.75) is 11.8 Å². The highest BCUT2D eigenvalue weighted by molar-refractivity contribution is 7.92. The van der Waals surface area contributed by atoms with E-state index in [0.29, 0.717) is 11.8 Å². The number of nitrogens with zero attached hydrogens (tertiary/aromatic N) is 2. The Balaban J connectivity index is 2.49. The van der Waals surface area contributed by atoms with Gasteiger partial charge in [0.2, 0.25) is 0 Å². The molecule has 2 rings (SSSR count). The van der Waals surface area contributed by atoms with Gasteiger partial charge in [-0.05, 0) is 19.1 Å². The molecule has 0 fully saturated rings. The SMILES string of the molecule is Cc1cc(NS(=O)(=O)c2cc(N)cc(F)c2F)n(C)n1. The molecule has 108 valence electrons. The number of nitrogens with one attached hydrogen (secondary N) is 1. The van der Waals surface area contributed by atoms with E-state index in [1.807, 2.05) is 0 Å². The Bertz CT molecular complexity index is 771. The highest BCUT2D eigenvalue weighted by atomic mass is 32.2. The van der Waals surface area contributed by atoms with Crippen LogP contribution in [-0.2, 0) is 17.1 Å². The summed E-state index contributed by atoms with van der Waals surface area (Å²) in [5.41, 5.74) is 5.72. The van der Waals surface area contributed by atoms with Crippen LogP contribution in [0.5, 0.6) is 0 Å². The number of halogens is 2.